The van der Waals surface area contributed by atoms with Gasteiger partial charge in [-0.2, -0.15) is 0 Å². The fraction of sp³-hybridized carbons (Fsp3) is 0.400. The van der Waals surface area contributed by atoms with Gasteiger partial charge in [0.25, 0.3) is 0 Å². The third-order valence-electron chi connectivity index (χ3n) is 5.44. The van der Waals surface area contributed by atoms with E-state index in [-0.39, 0.29) is 5.54 Å². The van der Waals surface area contributed by atoms with Crippen LogP contribution in [0, 0.1) is 0 Å². The van der Waals surface area contributed by atoms with E-state index in [9.17, 15) is 5.11 Å². The van der Waals surface area contributed by atoms with Crippen molar-refractivity contribution in [2.24, 2.45) is 0 Å². The molecule has 1 saturated heterocycles. The Bertz CT molecular complexity index is 697. The molecule has 1 heterocycles. The normalized spacial score (nSPS) is 30.1. The highest BCUT2D eigenvalue weighted by molar-refractivity contribution is 5.47. The molecular formula is C20H23NO3. The Balaban J connectivity index is 1.76. The smallest absolute Gasteiger partial charge is 0.118 e. The maximum Gasteiger partial charge on any atom is 0.118 e. The molecule has 0 amide bonds. The summed E-state index contributed by atoms with van der Waals surface area (Å²) >= 11 is 0. The maximum atomic E-state index is 11.5. The topological polar surface area (TPSA) is 41.9 Å². The molecule has 1 aliphatic heterocycles. The number of hydrogen-bond donors (Lipinski definition) is 1. The molecule has 126 valence electrons. The van der Waals surface area contributed by atoms with E-state index in [1.807, 2.05) is 42.5 Å². The number of hydrogen-bond acceptors (Lipinski definition) is 4. The maximum absolute atomic E-state index is 11.5. The van der Waals surface area contributed by atoms with Crippen LogP contribution in [0.1, 0.15) is 17.5 Å². The van der Waals surface area contributed by atoms with Crippen LogP contribution in [-0.2, 0) is 15.9 Å². The first-order chi connectivity index (χ1) is 11.7. The first-order valence-electron chi connectivity index (χ1n) is 8.46. The molecule has 1 aliphatic carbocycles. The molecule has 0 radical (unpaired) electrons. The molecule has 0 aromatic heterocycles. The van der Waals surface area contributed by atoms with Gasteiger partial charge in [0.05, 0.1) is 25.9 Å². The van der Waals surface area contributed by atoms with Crippen molar-refractivity contribution in [3.63, 3.8) is 0 Å². The van der Waals surface area contributed by atoms with Crippen molar-refractivity contribution in [1.82, 2.24) is 4.90 Å². The Kier molecular flexibility index (Phi) is 3.83. The zero-order valence-corrected chi connectivity index (χ0v) is 13.9. The predicted octanol–water partition coefficient (Wildman–Crippen LogP) is 2.51. The van der Waals surface area contributed by atoms with Crippen LogP contribution in [0.3, 0.4) is 0 Å². The van der Waals surface area contributed by atoms with Crippen LogP contribution in [0.5, 0.6) is 5.75 Å². The van der Waals surface area contributed by atoms with Gasteiger partial charge in [-0.25, -0.2) is 0 Å². The third-order valence-corrected chi connectivity index (χ3v) is 5.44. The van der Waals surface area contributed by atoms with Crippen molar-refractivity contribution >= 4 is 0 Å². The molecule has 4 rings (SSSR count). The molecule has 2 aromatic carbocycles. The SMILES string of the molecule is COc1ccc([C@@]2(N3CCOCC3)C[C@]2(O)c2ccccc2)cc1. The van der Waals surface area contributed by atoms with E-state index in [0.717, 1.165) is 30.0 Å². The molecule has 4 heteroatoms. The monoisotopic (exact) mass is 325 g/mol. The fourth-order valence-electron chi connectivity index (χ4n) is 4.09. The van der Waals surface area contributed by atoms with E-state index >= 15 is 0 Å². The summed E-state index contributed by atoms with van der Waals surface area (Å²) in [5.74, 6) is 0.833. The molecule has 0 bridgehead atoms. The minimum Gasteiger partial charge on any atom is -0.497 e. The van der Waals surface area contributed by atoms with Gasteiger partial charge in [0, 0.05) is 19.5 Å². The van der Waals surface area contributed by atoms with Crippen LogP contribution in [0.25, 0.3) is 0 Å². The molecule has 24 heavy (non-hydrogen) atoms. The molecule has 2 aliphatic rings. The molecule has 0 unspecified atom stereocenters. The van der Waals surface area contributed by atoms with Crippen molar-refractivity contribution in [1.29, 1.82) is 0 Å². The Labute approximate surface area is 142 Å². The lowest BCUT2D eigenvalue weighted by Gasteiger charge is -2.38. The summed E-state index contributed by atoms with van der Waals surface area (Å²) in [4.78, 5) is 2.38. The molecule has 0 spiro atoms. The van der Waals surface area contributed by atoms with E-state index < -0.39 is 5.60 Å². The summed E-state index contributed by atoms with van der Waals surface area (Å²) in [6, 6.07) is 18.1. The number of rotatable bonds is 4. The highest BCUT2D eigenvalue weighted by Gasteiger charge is 2.71. The lowest BCUT2D eigenvalue weighted by molar-refractivity contribution is -0.0255. The third kappa shape index (κ3) is 2.25. The average Bonchev–Trinajstić information content (AvgIpc) is 3.32. The first-order valence-corrected chi connectivity index (χ1v) is 8.46. The van der Waals surface area contributed by atoms with E-state index in [1.54, 1.807) is 7.11 Å². The van der Waals surface area contributed by atoms with Gasteiger partial charge in [0.15, 0.2) is 0 Å². The minimum absolute atomic E-state index is 0.385. The zero-order valence-electron chi connectivity index (χ0n) is 13.9. The second-order valence-electron chi connectivity index (χ2n) is 6.59. The quantitative estimate of drug-likeness (QED) is 0.938. The summed E-state index contributed by atoms with van der Waals surface area (Å²) < 4.78 is 10.8. The largest absolute Gasteiger partial charge is 0.497 e. The molecule has 4 nitrogen and oxygen atoms in total. The average molecular weight is 325 g/mol. The molecule has 2 aromatic rings. The molecule has 2 atom stereocenters. The molecule has 1 N–H and O–H groups in total. The van der Waals surface area contributed by atoms with Gasteiger partial charge in [0.1, 0.15) is 11.4 Å². The summed E-state index contributed by atoms with van der Waals surface area (Å²) in [5.41, 5.74) is 0.869. The van der Waals surface area contributed by atoms with Gasteiger partial charge in [0.2, 0.25) is 0 Å². The number of methoxy groups -OCH3 is 1. The van der Waals surface area contributed by atoms with Gasteiger partial charge in [-0.05, 0) is 23.3 Å². The Morgan fingerprint density at radius 1 is 0.958 bits per heavy atom. The van der Waals surface area contributed by atoms with Crippen LogP contribution in [-0.4, -0.2) is 43.4 Å². The first kappa shape index (κ1) is 15.6. The fourth-order valence-corrected chi connectivity index (χ4v) is 4.09. The van der Waals surface area contributed by atoms with Gasteiger partial charge in [-0.3, -0.25) is 4.90 Å². The van der Waals surface area contributed by atoms with Crippen molar-refractivity contribution in [2.75, 3.05) is 33.4 Å². The van der Waals surface area contributed by atoms with Crippen LogP contribution in [0.15, 0.2) is 54.6 Å². The van der Waals surface area contributed by atoms with Crippen LogP contribution in [0.2, 0.25) is 0 Å². The number of aliphatic hydroxyl groups is 1. The Morgan fingerprint density at radius 2 is 1.62 bits per heavy atom. The van der Waals surface area contributed by atoms with Crippen molar-refractivity contribution in [2.45, 2.75) is 17.6 Å². The lowest BCUT2D eigenvalue weighted by Crippen LogP contribution is -2.47. The number of ether oxygens (including phenoxy) is 2. The minimum atomic E-state index is -0.861. The van der Waals surface area contributed by atoms with Crippen LogP contribution < -0.4 is 4.74 Å². The Hall–Kier alpha value is -1.88. The summed E-state index contributed by atoms with van der Waals surface area (Å²) in [6.07, 6.45) is 0.705. The molecular weight excluding hydrogens is 302 g/mol. The van der Waals surface area contributed by atoms with Crippen LogP contribution >= 0.6 is 0 Å². The zero-order chi connectivity index (χ0) is 16.6. The summed E-state index contributed by atoms with van der Waals surface area (Å²) in [7, 11) is 1.67. The standard InChI is InChI=1S/C20H23NO3/c1-23-18-9-7-16(8-10-18)19(21-11-13-24-14-12-21)15-20(19,22)17-5-3-2-4-6-17/h2-10,22H,11-15H2,1H3/t19-,20-/m0/s1. The van der Waals surface area contributed by atoms with E-state index in [2.05, 4.69) is 17.0 Å². The van der Waals surface area contributed by atoms with E-state index in [4.69, 9.17) is 9.47 Å². The lowest BCUT2D eigenvalue weighted by atomic mass is 9.93. The van der Waals surface area contributed by atoms with Gasteiger partial charge >= 0.3 is 0 Å². The highest BCUT2D eigenvalue weighted by atomic mass is 16.5. The predicted molar refractivity (Wildman–Crippen MR) is 92.0 cm³/mol. The molecule has 1 saturated carbocycles. The summed E-state index contributed by atoms with van der Waals surface area (Å²) in [5, 5.41) is 11.5. The highest BCUT2D eigenvalue weighted by Crippen LogP contribution is 2.65. The van der Waals surface area contributed by atoms with Crippen LogP contribution in [0.4, 0.5) is 0 Å². The van der Waals surface area contributed by atoms with Gasteiger partial charge in [-0.1, -0.05) is 42.5 Å². The van der Waals surface area contributed by atoms with E-state index in [0.29, 0.717) is 19.6 Å². The van der Waals surface area contributed by atoms with Gasteiger partial charge < -0.3 is 14.6 Å². The number of morpholine rings is 1. The number of benzene rings is 2. The van der Waals surface area contributed by atoms with Gasteiger partial charge in [-0.15, -0.1) is 0 Å². The summed E-state index contributed by atoms with van der Waals surface area (Å²) in [6.45, 7) is 3.09. The Morgan fingerprint density at radius 3 is 2.25 bits per heavy atom. The second-order valence-corrected chi connectivity index (χ2v) is 6.59. The van der Waals surface area contributed by atoms with Crippen molar-refractivity contribution < 1.29 is 14.6 Å². The van der Waals surface area contributed by atoms with Crippen molar-refractivity contribution in [3.8, 4) is 5.75 Å². The van der Waals surface area contributed by atoms with E-state index in [1.165, 1.54) is 0 Å². The number of nitrogens with zero attached hydrogens (tertiary/aromatic N) is 1. The van der Waals surface area contributed by atoms with Crippen molar-refractivity contribution in [3.05, 3.63) is 65.7 Å². The molecule has 2 fully saturated rings. The second kappa shape index (κ2) is 5.88.